The van der Waals surface area contributed by atoms with Gasteiger partial charge in [0.05, 0.1) is 0 Å². The zero-order chi connectivity index (χ0) is 13.0. The molecule has 0 aromatic carbocycles. The van der Waals surface area contributed by atoms with Crippen molar-refractivity contribution < 1.29 is 4.79 Å². The normalized spacial score (nSPS) is 21.9. The third-order valence-corrected chi connectivity index (χ3v) is 4.42. The number of aryl methyl sites for hydroxylation is 1. The predicted molar refractivity (Wildman–Crippen MR) is 75.6 cm³/mol. The summed E-state index contributed by atoms with van der Waals surface area (Å²) < 4.78 is 0. The van der Waals surface area contributed by atoms with Crippen LogP contribution in [0.2, 0.25) is 0 Å². The summed E-state index contributed by atoms with van der Waals surface area (Å²) in [5.41, 5.74) is 7.26. The van der Waals surface area contributed by atoms with Crippen molar-refractivity contribution >= 4 is 17.2 Å². The van der Waals surface area contributed by atoms with Crippen molar-refractivity contribution in [3.63, 3.8) is 0 Å². The Balaban J connectivity index is 1.90. The van der Waals surface area contributed by atoms with E-state index in [4.69, 9.17) is 5.73 Å². The second kappa shape index (κ2) is 6.34. The molecule has 0 bridgehead atoms. The molecule has 1 saturated heterocycles. The van der Waals surface area contributed by atoms with E-state index in [0.29, 0.717) is 6.42 Å². The second-order valence-electron chi connectivity index (χ2n) is 5.14. The van der Waals surface area contributed by atoms with Crippen molar-refractivity contribution in [3.8, 4) is 0 Å². The average Bonchev–Trinajstić information content (AvgIpc) is 2.89. The van der Waals surface area contributed by atoms with E-state index in [9.17, 15) is 4.79 Å². The Hall–Kier alpha value is -0.870. The molecule has 0 saturated carbocycles. The first kappa shape index (κ1) is 13.6. The van der Waals surface area contributed by atoms with Crippen LogP contribution in [-0.2, 0) is 11.2 Å². The van der Waals surface area contributed by atoms with Gasteiger partial charge in [-0.1, -0.05) is 0 Å². The van der Waals surface area contributed by atoms with Gasteiger partial charge in [0.25, 0.3) is 0 Å². The summed E-state index contributed by atoms with van der Waals surface area (Å²) in [4.78, 5) is 14.3. The van der Waals surface area contributed by atoms with Crippen molar-refractivity contribution in [3.05, 3.63) is 22.4 Å². The van der Waals surface area contributed by atoms with E-state index >= 15 is 0 Å². The topological polar surface area (TPSA) is 46.3 Å². The molecule has 0 spiro atoms. The number of amides is 1. The summed E-state index contributed by atoms with van der Waals surface area (Å²) in [6, 6.07) is 2.42. The van der Waals surface area contributed by atoms with E-state index in [2.05, 4.69) is 16.8 Å². The number of nitrogens with two attached hydrogens (primary N) is 1. The van der Waals surface area contributed by atoms with Crippen molar-refractivity contribution in [1.82, 2.24) is 4.90 Å². The van der Waals surface area contributed by atoms with Crippen molar-refractivity contribution in [2.24, 2.45) is 5.73 Å². The molecule has 2 rings (SSSR count). The van der Waals surface area contributed by atoms with Gasteiger partial charge in [-0.2, -0.15) is 11.3 Å². The van der Waals surface area contributed by atoms with Crippen LogP contribution in [0.4, 0.5) is 0 Å². The molecule has 1 aromatic rings. The maximum atomic E-state index is 12.3. The fourth-order valence-electron chi connectivity index (χ4n) is 2.64. The summed E-state index contributed by atoms with van der Waals surface area (Å²) >= 11 is 1.69. The molecule has 1 amide bonds. The maximum absolute atomic E-state index is 12.3. The molecule has 0 radical (unpaired) electrons. The molecule has 0 aliphatic carbocycles. The van der Waals surface area contributed by atoms with Gasteiger partial charge < -0.3 is 10.6 Å². The number of carbonyl (C=O) groups is 1. The van der Waals surface area contributed by atoms with Crippen LogP contribution in [0, 0.1) is 0 Å². The third kappa shape index (κ3) is 3.33. The quantitative estimate of drug-likeness (QED) is 0.909. The molecular weight excluding hydrogens is 244 g/mol. The average molecular weight is 266 g/mol. The van der Waals surface area contributed by atoms with Crippen LogP contribution in [0.25, 0.3) is 0 Å². The van der Waals surface area contributed by atoms with Crippen LogP contribution in [-0.4, -0.2) is 29.4 Å². The Labute approximate surface area is 113 Å². The molecule has 3 nitrogen and oxygen atoms in total. The number of nitrogens with zero attached hydrogens (tertiary/aromatic N) is 1. The predicted octanol–water partition coefficient (Wildman–Crippen LogP) is 2.41. The van der Waals surface area contributed by atoms with Crippen LogP contribution in [0.15, 0.2) is 16.8 Å². The lowest BCUT2D eigenvalue weighted by Crippen LogP contribution is -2.51. The zero-order valence-corrected chi connectivity index (χ0v) is 11.8. The van der Waals surface area contributed by atoms with Gasteiger partial charge in [-0.15, -0.1) is 0 Å². The third-order valence-electron chi connectivity index (χ3n) is 3.68. The van der Waals surface area contributed by atoms with Crippen molar-refractivity contribution in [2.45, 2.75) is 51.1 Å². The SMILES string of the molecule is CC(N)C1CCCCN1C(=O)CCc1ccsc1. The van der Waals surface area contributed by atoms with Crippen LogP contribution >= 0.6 is 11.3 Å². The first-order chi connectivity index (χ1) is 8.68. The van der Waals surface area contributed by atoms with Gasteiger partial charge in [0.15, 0.2) is 0 Å². The molecule has 18 heavy (non-hydrogen) atoms. The Morgan fingerprint density at radius 3 is 3.11 bits per heavy atom. The first-order valence-corrected chi connectivity index (χ1v) is 7.69. The molecule has 2 N–H and O–H groups in total. The molecule has 4 heteroatoms. The van der Waals surface area contributed by atoms with Gasteiger partial charge in [-0.05, 0) is 55.0 Å². The van der Waals surface area contributed by atoms with E-state index in [1.165, 1.54) is 12.0 Å². The Morgan fingerprint density at radius 2 is 2.44 bits per heavy atom. The Morgan fingerprint density at radius 1 is 1.61 bits per heavy atom. The fraction of sp³-hybridized carbons (Fsp3) is 0.643. The molecule has 2 unspecified atom stereocenters. The molecule has 1 aliphatic heterocycles. The van der Waals surface area contributed by atoms with Gasteiger partial charge in [-0.25, -0.2) is 0 Å². The highest BCUT2D eigenvalue weighted by molar-refractivity contribution is 7.07. The molecule has 100 valence electrons. The minimum Gasteiger partial charge on any atom is -0.338 e. The fourth-order valence-corrected chi connectivity index (χ4v) is 3.35. The minimum absolute atomic E-state index is 0.0791. The monoisotopic (exact) mass is 266 g/mol. The van der Waals surface area contributed by atoms with Crippen molar-refractivity contribution in [2.75, 3.05) is 6.54 Å². The number of hydrogen-bond acceptors (Lipinski definition) is 3. The molecule has 2 atom stereocenters. The largest absolute Gasteiger partial charge is 0.338 e. The van der Waals surface area contributed by atoms with Crippen LogP contribution < -0.4 is 5.73 Å². The number of carbonyl (C=O) groups excluding carboxylic acids is 1. The highest BCUT2D eigenvalue weighted by atomic mass is 32.1. The lowest BCUT2D eigenvalue weighted by molar-refractivity contribution is -0.135. The number of thiophene rings is 1. The Kier molecular flexibility index (Phi) is 4.78. The van der Waals surface area contributed by atoms with Crippen LogP contribution in [0.3, 0.4) is 0 Å². The van der Waals surface area contributed by atoms with Crippen molar-refractivity contribution in [1.29, 1.82) is 0 Å². The van der Waals surface area contributed by atoms with Crippen LogP contribution in [0.5, 0.6) is 0 Å². The summed E-state index contributed by atoms with van der Waals surface area (Å²) in [5, 5.41) is 4.18. The van der Waals surface area contributed by atoms with E-state index in [1.54, 1.807) is 11.3 Å². The standard InChI is InChI=1S/C14H22N2OS/c1-11(15)13-4-2-3-8-16(13)14(17)6-5-12-7-9-18-10-12/h7,9-11,13H,2-6,8,15H2,1H3. The highest BCUT2D eigenvalue weighted by Crippen LogP contribution is 2.20. The minimum atomic E-state index is 0.0791. The number of piperidine rings is 1. The van der Waals surface area contributed by atoms with Gasteiger partial charge in [0.2, 0.25) is 5.91 Å². The van der Waals surface area contributed by atoms with E-state index < -0.39 is 0 Å². The summed E-state index contributed by atoms with van der Waals surface area (Å²) in [6.45, 7) is 2.89. The van der Waals surface area contributed by atoms with Gasteiger partial charge in [0, 0.05) is 25.0 Å². The highest BCUT2D eigenvalue weighted by Gasteiger charge is 2.28. The molecule has 2 heterocycles. The summed E-state index contributed by atoms with van der Waals surface area (Å²) in [7, 11) is 0. The zero-order valence-electron chi connectivity index (χ0n) is 11.0. The number of rotatable bonds is 4. The van der Waals surface area contributed by atoms with Gasteiger partial charge in [0.1, 0.15) is 0 Å². The van der Waals surface area contributed by atoms with Gasteiger partial charge in [-0.3, -0.25) is 4.79 Å². The number of hydrogen-bond donors (Lipinski definition) is 1. The first-order valence-electron chi connectivity index (χ1n) is 6.74. The second-order valence-corrected chi connectivity index (χ2v) is 5.92. The maximum Gasteiger partial charge on any atom is 0.223 e. The number of likely N-dealkylation sites (tertiary alicyclic amines) is 1. The molecule has 1 fully saturated rings. The van der Waals surface area contributed by atoms with E-state index in [-0.39, 0.29) is 18.0 Å². The summed E-state index contributed by atoms with van der Waals surface area (Å²) in [5.74, 6) is 0.267. The molecule has 1 aromatic heterocycles. The summed E-state index contributed by atoms with van der Waals surface area (Å²) in [6.07, 6.45) is 4.83. The smallest absolute Gasteiger partial charge is 0.223 e. The molecular formula is C14H22N2OS. The van der Waals surface area contributed by atoms with E-state index in [1.807, 2.05) is 11.8 Å². The Bertz CT molecular complexity index is 375. The lowest BCUT2D eigenvalue weighted by atomic mass is 9.96. The molecule has 1 aliphatic rings. The van der Waals surface area contributed by atoms with E-state index in [0.717, 1.165) is 25.8 Å². The van der Waals surface area contributed by atoms with Gasteiger partial charge >= 0.3 is 0 Å². The lowest BCUT2D eigenvalue weighted by Gasteiger charge is -2.38. The van der Waals surface area contributed by atoms with Crippen LogP contribution in [0.1, 0.15) is 38.2 Å².